The largest absolute Gasteiger partial charge is 0.383 e. The highest BCUT2D eigenvalue weighted by Gasteiger charge is 2.20. The zero-order valence-electron chi connectivity index (χ0n) is 16.3. The van der Waals surface area contributed by atoms with Crippen molar-refractivity contribution in [3.8, 4) is 0 Å². The Balaban J connectivity index is 0.00000364. The van der Waals surface area contributed by atoms with E-state index in [1.807, 2.05) is 18.4 Å². The van der Waals surface area contributed by atoms with E-state index in [0.717, 1.165) is 5.82 Å². The molecule has 3 N–H and O–H groups in total. The van der Waals surface area contributed by atoms with Crippen molar-refractivity contribution in [1.29, 1.82) is 0 Å². The SMILES string of the molecule is COCCn1cnnc1CCNC(=O)Cn1nc(C)nc1[C@@H](N)C(C)C.Cl. The molecule has 0 unspecified atom stereocenters. The fourth-order valence-corrected chi connectivity index (χ4v) is 2.49. The summed E-state index contributed by atoms with van der Waals surface area (Å²) in [7, 11) is 1.65. The maximum atomic E-state index is 12.2. The number of halogens is 1. The summed E-state index contributed by atoms with van der Waals surface area (Å²) in [6, 6.07) is -0.261. The Morgan fingerprint density at radius 2 is 2.15 bits per heavy atom. The van der Waals surface area contributed by atoms with Crippen molar-refractivity contribution in [2.24, 2.45) is 11.7 Å². The lowest BCUT2D eigenvalue weighted by Gasteiger charge is -2.15. The van der Waals surface area contributed by atoms with Gasteiger partial charge in [-0.15, -0.1) is 22.6 Å². The Labute approximate surface area is 165 Å². The number of aromatic nitrogens is 6. The highest BCUT2D eigenvalue weighted by molar-refractivity contribution is 5.85. The van der Waals surface area contributed by atoms with E-state index in [4.69, 9.17) is 10.5 Å². The van der Waals surface area contributed by atoms with Gasteiger partial charge in [-0.2, -0.15) is 5.10 Å². The Bertz CT molecular complexity index is 715. The fraction of sp³-hybridized carbons (Fsp3) is 0.688. The second kappa shape index (κ2) is 11.0. The second-order valence-corrected chi connectivity index (χ2v) is 6.48. The summed E-state index contributed by atoms with van der Waals surface area (Å²) in [5.74, 6) is 2.11. The van der Waals surface area contributed by atoms with Gasteiger partial charge >= 0.3 is 0 Å². The number of carbonyl (C=O) groups is 1. The van der Waals surface area contributed by atoms with E-state index < -0.39 is 0 Å². The van der Waals surface area contributed by atoms with Gasteiger partial charge in [0.15, 0.2) is 0 Å². The Kier molecular flexibility index (Phi) is 9.33. The predicted molar refractivity (Wildman–Crippen MR) is 102 cm³/mol. The highest BCUT2D eigenvalue weighted by atomic mass is 35.5. The number of methoxy groups -OCH3 is 1. The molecule has 2 aromatic heterocycles. The molecule has 10 nitrogen and oxygen atoms in total. The number of nitrogens with two attached hydrogens (primary N) is 1. The first-order valence-corrected chi connectivity index (χ1v) is 8.71. The van der Waals surface area contributed by atoms with Gasteiger partial charge in [-0.3, -0.25) is 4.79 Å². The van der Waals surface area contributed by atoms with Crippen molar-refractivity contribution in [2.45, 2.75) is 46.3 Å². The summed E-state index contributed by atoms with van der Waals surface area (Å²) in [5.41, 5.74) is 6.17. The lowest BCUT2D eigenvalue weighted by molar-refractivity contribution is -0.121. The van der Waals surface area contributed by atoms with Gasteiger partial charge in [-0.05, 0) is 12.8 Å². The first kappa shape index (κ1) is 23.0. The third-order valence-electron chi connectivity index (χ3n) is 4.02. The van der Waals surface area contributed by atoms with E-state index in [1.54, 1.807) is 25.0 Å². The minimum absolute atomic E-state index is 0. The smallest absolute Gasteiger partial charge is 0.241 e. The first-order valence-electron chi connectivity index (χ1n) is 8.71. The molecule has 0 bridgehead atoms. The number of nitrogens with one attached hydrogen (secondary N) is 1. The average molecular weight is 401 g/mol. The van der Waals surface area contributed by atoms with Crippen molar-refractivity contribution >= 4 is 18.3 Å². The zero-order valence-corrected chi connectivity index (χ0v) is 17.1. The minimum Gasteiger partial charge on any atom is -0.383 e. The number of nitrogens with zero attached hydrogens (tertiary/aromatic N) is 6. The summed E-state index contributed by atoms with van der Waals surface area (Å²) in [6.07, 6.45) is 2.25. The number of ether oxygens (including phenoxy) is 1. The van der Waals surface area contributed by atoms with Crippen LogP contribution in [0.1, 0.15) is 37.4 Å². The van der Waals surface area contributed by atoms with Crippen LogP contribution in [0, 0.1) is 12.8 Å². The molecule has 0 saturated heterocycles. The van der Waals surface area contributed by atoms with Gasteiger partial charge in [-0.25, -0.2) is 9.67 Å². The molecule has 0 saturated carbocycles. The zero-order chi connectivity index (χ0) is 19.1. The quantitative estimate of drug-likeness (QED) is 0.585. The molecule has 0 aliphatic rings. The first-order chi connectivity index (χ1) is 12.4. The molecule has 0 radical (unpaired) electrons. The van der Waals surface area contributed by atoms with E-state index in [1.165, 1.54) is 0 Å². The molecule has 0 spiro atoms. The molecule has 11 heteroatoms. The van der Waals surface area contributed by atoms with Crippen molar-refractivity contribution < 1.29 is 9.53 Å². The number of hydrogen-bond donors (Lipinski definition) is 2. The van der Waals surface area contributed by atoms with Gasteiger partial charge in [0.1, 0.15) is 30.3 Å². The van der Waals surface area contributed by atoms with Crippen molar-refractivity contribution in [1.82, 2.24) is 34.8 Å². The van der Waals surface area contributed by atoms with Crippen LogP contribution in [0.4, 0.5) is 0 Å². The average Bonchev–Trinajstić information content (AvgIpc) is 3.18. The molecule has 1 amide bonds. The van der Waals surface area contributed by atoms with E-state index in [2.05, 4.69) is 25.6 Å². The van der Waals surface area contributed by atoms with Crippen LogP contribution in [-0.2, 0) is 29.0 Å². The monoisotopic (exact) mass is 400 g/mol. The van der Waals surface area contributed by atoms with E-state index in [0.29, 0.717) is 37.8 Å². The van der Waals surface area contributed by atoms with Gasteiger partial charge in [-0.1, -0.05) is 13.8 Å². The molecular weight excluding hydrogens is 372 g/mol. The summed E-state index contributed by atoms with van der Waals surface area (Å²) in [4.78, 5) is 16.6. The Hall–Kier alpha value is -2.04. The maximum Gasteiger partial charge on any atom is 0.241 e. The van der Waals surface area contributed by atoms with Gasteiger partial charge in [0.2, 0.25) is 5.91 Å². The summed E-state index contributed by atoms with van der Waals surface area (Å²) >= 11 is 0. The standard InChI is InChI=1S/C16H28N8O2.ClH/c1-11(2)15(17)16-20-12(3)22-24(16)9-14(25)18-6-5-13-21-19-10-23(13)7-8-26-4;/h10-11,15H,5-9,17H2,1-4H3,(H,18,25);1H/t15-;/m0./s1. The summed E-state index contributed by atoms with van der Waals surface area (Å²) in [5, 5.41) is 15.1. The predicted octanol–water partition coefficient (Wildman–Crippen LogP) is 0.261. The molecule has 2 rings (SSSR count). The molecule has 0 fully saturated rings. The summed E-state index contributed by atoms with van der Waals surface area (Å²) < 4.78 is 8.55. The van der Waals surface area contributed by atoms with Gasteiger partial charge in [0, 0.05) is 26.6 Å². The highest BCUT2D eigenvalue weighted by Crippen LogP contribution is 2.16. The van der Waals surface area contributed by atoms with E-state index in [-0.39, 0.29) is 36.8 Å². The van der Waals surface area contributed by atoms with Crippen LogP contribution < -0.4 is 11.1 Å². The lowest BCUT2D eigenvalue weighted by atomic mass is 10.1. The van der Waals surface area contributed by atoms with Crippen LogP contribution in [0.5, 0.6) is 0 Å². The van der Waals surface area contributed by atoms with Crippen molar-refractivity contribution in [2.75, 3.05) is 20.3 Å². The molecule has 0 aliphatic carbocycles. The van der Waals surface area contributed by atoms with Crippen LogP contribution in [0.3, 0.4) is 0 Å². The summed E-state index contributed by atoms with van der Waals surface area (Å²) in [6.45, 7) is 7.63. The van der Waals surface area contributed by atoms with Crippen molar-refractivity contribution in [3.05, 3.63) is 23.8 Å². The topological polar surface area (TPSA) is 126 Å². The lowest BCUT2D eigenvalue weighted by Crippen LogP contribution is -2.32. The Morgan fingerprint density at radius 1 is 1.41 bits per heavy atom. The number of amides is 1. The number of carbonyl (C=O) groups excluding carboxylic acids is 1. The number of hydrogen-bond acceptors (Lipinski definition) is 7. The van der Waals surface area contributed by atoms with Crippen LogP contribution in [0.25, 0.3) is 0 Å². The molecule has 0 aliphatic heterocycles. The normalized spacial score (nSPS) is 12.1. The number of aryl methyl sites for hydroxylation is 1. The Morgan fingerprint density at radius 3 is 2.81 bits per heavy atom. The van der Waals surface area contributed by atoms with Gasteiger partial charge < -0.3 is 20.4 Å². The van der Waals surface area contributed by atoms with E-state index in [9.17, 15) is 4.79 Å². The molecule has 2 aromatic rings. The molecule has 1 atom stereocenters. The maximum absolute atomic E-state index is 12.2. The van der Waals surface area contributed by atoms with E-state index >= 15 is 0 Å². The van der Waals surface area contributed by atoms with Gasteiger partial charge in [0.05, 0.1) is 12.6 Å². The van der Waals surface area contributed by atoms with Crippen LogP contribution in [0.15, 0.2) is 6.33 Å². The third-order valence-corrected chi connectivity index (χ3v) is 4.02. The molecule has 152 valence electrons. The van der Waals surface area contributed by atoms with Crippen LogP contribution >= 0.6 is 12.4 Å². The second-order valence-electron chi connectivity index (χ2n) is 6.48. The van der Waals surface area contributed by atoms with Crippen LogP contribution in [-0.4, -0.2) is 55.7 Å². The molecule has 0 aromatic carbocycles. The number of rotatable bonds is 10. The third kappa shape index (κ3) is 6.56. The van der Waals surface area contributed by atoms with Gasteiger partial charge in [0.25, 0.3) is 0 Å². The van der Waals surface area contributed by atoms with Crippen molar-refractivity contribution in [3.63, 3.8) is 0 Å². The van der Waals surface area contributed by atoms with Crippen LogP contribution in [0.2, 0.25) is 0 Å². The minimum atomic E-state index is -0.261. The molecule has 27 heavy (non-hydrogen) atoms. The fourth-order valence-electron chi connectivity index (χ4n) is 2.49. The molecular formula is C16H29ClN8O2. The molecule has 2 heterocycles.